The number of hydrogen-bond donors (Lipinski definition) is 6. The molecule has 12 atom stereocenters. The Balaban J connectivity index is 3.65. The second kappa shape index (κ2) is 38.9. The maximum Gasteiger partial charge on any atom is 0.326 e. The first-order valence-electron chi connectivity index (χ1n) is 32.7. The van der Waals surface area contributed by atoms with Crippen molar-refractivity contribution in [1.29, 1.82) is 0 Å². The molecule has 24 nitrogen and oxygen atoms in total. The molecule has 522 valence electrons. The summed E-state index contributed by atoms with van der Waals surface area (Å²) in [4.78, 5) is 165. The predicted molar refractivity (Wildman–Crippen MR) is 357 cm³/mol. The number of benzene rings is 1. The number of aliphatic carboxylic acids is 1. The van der Waals surface area contributed by atoms with Crippen LogP contribution in [0.15, 0.2) is 42.5 Å². The van der Waals surface area contributed by atoms with Crippen LogP contribution in [0.2, 0.25) is 0 Å². The Morgan fingerprint density at radius 3 is 1.36 bits per heavy atom. The maximum absolute atomic E-state index is 15.1. The molecule has 0 fully saturated rings. The molecular formula is C68H117N11O13. The Bertz CT molecular complexity index is 2630. The number of rotatable bonds is 38. The van der Waals surface area contributed by atoms with E-state index in [2.05, 4.69) is 16.0 Å². The highest BCUT2D eigenvalue weighted by Gasteiger charge is 2.45. The van der Waals surface area contributed by atoms with Gasteiger partial charge < -0.3 is 66.2 Å². The first-order chi connectivity index (χ1) is 42.6. The summed E-state index contributed by atoms with van der Waals surface area (Å²) in [7, 11) is 9.99. The van der Waals surface area contributed by atoms with Gasteiger partial charge >= 0.3 is 5.97 Å². The minimum absolute atomic E-state index is 0.00106. The number of carboxylic acids is 1. The van der Waals surface area contributed by atoms with Crippen molar-refractivity contribution in [2.45, 2.75) is 222 Å². The van der Waals surface area contributed by atoms with Crippen LogP contribution in [-0.4, -0.2) is 232 Å². The summed E-state index contributed by atoms with van der Waals surface area (Å²) in [6.45, 7) is 28.0. The molecule has 24 heteroatoms. The van der Waals surface area contributed by atoms with Crippen molar-refractivity contribution >= 4 is 65.0 Å². The molecule has 0 aliphatic heterocycles. The van der Waals surface area contributed by atoms with E-state index in [-0.39, 0.29) is 62.2 Å². The average molecular weight is 1300 g/mol. The minimum atomic E-state index is -1.62. The SMILES string of the molecule is C/C=C/C[C@@H](C)[C@@H](O)[C@@H](C(=O)N[C@@H](CC)C(=O)N(C)CC(=O)N(C)[C@@H](CC(C)C)C(=O)N[C@H](C(=O)N(C)[C@@H](CC(C)C)C(=O)N[C@@H](Cc1ccccc1)C(=O)O)C(C)C)N(C)C(=O)[C@H](C(C)C)N(C)C(=O)[C@H](CC(C)C)N(C)C(=O)[C@H](CC(C)C)N(C)C(=O)[C@@H](C)N. The molecule has 0 spiro atoms. The Morgan fingerprint density at radius 2 is 0.924 bits per heavy atom. The summed E-state index contributed by atoms with van der Waals surface area (Å²) in [6.07, 6.45) is 3.16. The van der Waals surface area contributed by atoms with Crippen molar-refractivity contribution in [2.24, 2.45) is 47.2 Å². The van der Waals surface area contributed by atoms with Gasteiger partial charge in [0.1, 0.15) is 54.4 Å². The topological polar surface area (TPSA) is 313 Å². The van der Waals surface area contributed by atoms with E-state index < -0.39 is 156 Å². The lowest BCUT2D eigenvalue weighted by Crippen LogP contribution is -2.63. The molecule has 7 N–H and O–H groups in total. The summed E-state index contributed by atoms with van der Waals surface area (Å²) < 4.78 is 0. The highest BCUT2D eigenvalue weighted by molar-refractivity contribution is 5.98. The number of allylic oxidation sites excluding steroid dienone is 2. The Morgan fingerprint density at radius 1 is 0.500 bits per heavy atom. The van der Waals surface area contributed by atoms with Crippen LogP contribution in [0.3, 0.4) is 0 Å². The highest BCUT2D eigenvalue weighted by atomic mass is 16.4. The number of carboxylic acid groups (broad SMARTS) is 1. The van der Waals surface area contributed by atoms with Crippen molar-refractivity contribution in [1.82, 2.24) is 50.2 Å². The molecule has 0 unspecified atom stereocenters. The van der Waals surface area contributed by atoms with Crippen molar-refractivity contribution in [3.8, 4) is 0 Å². The molecule has 0 heterocycles. The molecule has 0 radical (unpaired) electrons. The zero-order valence-electron chi connectivity index (χ0n) is 59.7. The van der Waals surface area contributed by atoms with Gasteiger partial charge in [-0.3, -0.25) is 47.9 Å². The second-order valence-corrected chi connectivity index (χ2v) is 27.5. The number of amides is 10. The Labute approximate surface area is 549 Å². The molecule has 1 aromatic rings. The molecule has 10 amide bonds. The van der Waals surface area contributed by atoms with Gasteiger partial charge in [0.25, 0.3) is 0 Å². The summed E-state index contributed by atoms with van der Waals surface area (Å²) in [5.41, 5.74) is 6.65. The van der Waals surface area contributed by atoms with Crippen LogP contribution in [0, 0.1) is 41.4 Å². The highest BCUT2D eigenvalue weighted by Crippen LogP contribution is 2.26. The van der Waals surface area contributed by atoms with Crippen LogP contribution in [-0.2, 0) is 59.2 Å². The van der Waals surface area contributed by atoms with E-state index in [1.54, 1.807) is 91.0 Å². The first-order valence-corrected chi connectivity index (χ1v) is 32.7. The van der Waals surface area contributed by atoms with E-state index in [1.807, 2.05) is 55.4 Å². The number of carbonyl (C=O) groups is 11. The van der Waals surface area contributed by atoms with Gasteiger partial charge in [-0.15, -0.1) is 0 Å². The molecule has 0 aromatic heterocycles. The third-order valence-electron chi connectivity index (χ3n) is 16.9. The second-order valence-electron chi connectivity index (χ2n) is 27.5. The van der Waals surface area contributed by atoms with Gasteiger partial charge in [-0.05, 0) is 99.4 Å². The number of nitrogens with zero attached hydrogens (tertiary/aromatic N) is 7. The van der Waals surface area contributed by atoms with Crippen molar-refractivity contribution < 1.29 is 63.0 Å². The van der Waals surface area contributed by atoms with E-state index >= 15 is 4.79 Å². The average Bonchev–Trinajstić information content (AvgIpc) is 0.829. The number of carbonyl (C=O) groups excluding carboxylic acids is 10. The van der Waals surface area contributed by atoms with E-state index in [9.17, 15) is 58.2 Å². The molecule has 1 rings (SSSR count). The predicted octanol–water partition coefficient (Wildman–Crippen LogP) is 4.41. The summed E-state index contributed by atoms with van der Waals surface area (Å²) in [5, 5.41) is 30.4. The molecule has 0 saturated heterocycles. The van der Waals surface area contributed by atoms with Crippen LogP contribution < -0.4 is 21.7 Å². The number of aliphatic hydroxyl groups excluding tert-OH is 1. The van der Waals surface area contributed by atoms with E-state index in [1.165, 1.54) is 80.8 Å². The quantitative estimate of drug-likeness (QED) is 0.0500. The van der Waals surface area contributed by atoms with Gasteiger partial charge in [0, 0.05) is 55.8 Å². The fourth-order valence-corrected chi connectivity index (χ4v) is 11.2. The lowest BCUT2D eigenvalue weighted by Gasteiger charge is -2.41. The van der Waals surface area contributed by atoms with E-state index in [0.717, 1.165) is 9.80 Å². The smallest absolute Gasteiger partial charge is 0.326 e. The van der Waals surface area contributed by atoms with Crippen LogP contribution in [0.25, 0.3) is 0 Å². The van der Waals surface area contributed by atoms with E-state index in [4.69, 9.17) is 5.73 Å². The summed E-state index contributed by atoms with van der Waals surface area (Å²) >= 11 is 0. The maximum atomic E-state index is 15.1. The summed E-state index contributed by atoms with van der Waals surface area (Å²) in [5.74, 6) is -9.80. The lowest BCUT2D eigenvalue weighted by atomic mass is 9.91. The van der Waals surface area contributed by atoms with Gasteiger partial charge in [0.2, 0.25) is 59.1 Å². The lowest BCUT2D eigenvalue weighted by molar-refractivity contribution is -0.157. The number of hydrogen-bond acceptors (Lipinski definition) is 13. The van der Waals surface area contributed by atoms with Gasteiger partial charge in [0.15, 0.2) is 0 Å². The number of nitrogens with one attached hydrogen (secondary N) is 3. The monoisotopic (exact) mass is 1300 g/mol. The van der Waals surface area contributed by atoms with Crippen LogP contribution >= 0.6 is 0 Å². The molecule has 0 aliphatic carbocycles. The minimum Gasteiger partial charge on any atom is -0.480 e. The first kappa shape index (κ1) is 83.1. The third-order valence-corrected chi connectivity index (χ3v) is 16.9. The fraction of sp³-hybridized carbons (Fsp3) is 0.721. The van der Waals surface area contributed by atoms with Gasteiger partial charge in [-0.1, -0.05) is 139 Å². The Kier molecular flexibility index (Phi) is 35.1. The standard InChI is InChI=1S/C68H117N11O13/c1-24-26-30-45(15)58(81)57(79(23)67(90)56(44(13)14)78(22)65(88)53(36-42(9)10)77(21)64(87)52(35-41(7)8)76(20)62(85)46(16)69)61(84)70-48(25-2)63(86)73(17)38-54(80)74(18)50(33-39(3)4)60(83)72-55(43(11)12)66(89)75(19)51(34-40(5)6)59(82)71-49(68(91)92)37-47-31-28-27-29-32-47/h24,26-29,31-32,39-46,48-53,55-58,81H,25,30,33-38,69H2,1-23H3,(H,70,84)(H,71,82)(H,72,83)(H,91,92)/b26-24+/t45-,46-,48+,49+,50+,51+,52+,53+,55+,56+,57+,58-/m1/s1. The largest absolute Gasteiger partial charge is 0.480 e. The molecule has 0 bridgehead atoms. The van der Waals surface area contributed by atoms with Gasteiger partial charge in [-0.2, -0.15) is 0 Å². The van der Waals surface area contributed by atoms with Crippen molar-refractivity contribution in [3.05, 3.63) is 48.0 Å². The zero-order chi connectivity index (χ0) is 71.1. The molecule has 92 heavy (non-hydrogen) atoms. The molecular weight excluding hydrogens is 1180 g/mol. The van der Waals surface area contributed by atoms with E-state index in [0.29, 0.717) is 12.0 Å². The summed E-state index contributed by atoms with van der Waals surface area (Å²) in [6, 6.07) is -3.03. The number of nitrogens with two attached hydrogens (primary N) is 1. The van der Waals surface area contributed by atoms with Crippen LogP contribution in [0.4, 0.5) is 0 Å². The Hall–Kier alpha value is -6.95. The van der Waals surface area contributed by atoms with Crippen molar-refractivity contribution in [3.63, 3.8) is 0 Å². The molecule has 0 aliphatic rings. The third kappa shape index (κ3) is 24.5. The molecule has 0 saturated carbocycles. The van der Waals surface area contributed by atoms with Gasteiger partial charge in [0.05, 0.1) is 18.7 Å². The number of likely N-dealkylation sites (N-methyl/N-ethyl adjacent to an activating group) is 7. The van der Waals surface area contributed by atoms with Crippen LogP contribution in [0.1, 0.15) is 155 Å². The zero-order valence-corrected chi connectivity index (χ0v) is 59.7. The fourth-order valence-electron chi connectivity index (χ4n) is 11.2. The molecule has 1 aromatic carbocycles. The normalized spacial score (nSPS) is 15.7. The van der Waals surface area contributed by atoms with Crippen LogP contribution in [0.5, 0.6) is 0 Å². The number of aliphatic hydroxyl groups is 1. The van der Waals surface area contributed by atoms with Crippen molar-refractivity contribution in [2.75, 3.05) is 55.9 Å². The van der Waals surface area contributed by atoms with Gasteiger partial charge in [-0.25, -0.2) is 4.79 Å².